The van der Waals surface area contributed by atoms with Crippen molar-refractivity contribution < 1.29 is 5.11 Å². The fourth-order valence-corrected chi connectivity index (χ4v) is 2.01. The number of hydrazone groups is 1. The second-order valence-corrected chi connectivity index (χ2v) is 6.95. The molecule has 21 heavy (non-hydrogen) atoms. The van der Waals surface area contributed by atoms with Crippen LogP contribution in [0.3, 0.4) is 0 Å². The Kier molecular flexibility index (Phi) is 7.76. The van der Waals surface area contributed by atoms with Gasteiger partial charge < -0.3 is 10.5 Å². The number of rotatable bonds is 2. The van der Waals surface area contributed by atoms with E-state index in [9.17, 15) is 5.11 Å². The fraction of sp³-hybridized carbons (Fsp3) is 0.611. The second kappa shape index (κ2) is 7.48. The van der Waals surface area contributed by atoms with E-state index in [1.165, 1.54) is 0 Å². The van der Waals surface area contributed by atoms with Gasteiger partial charge >= 0.3 is 0 Å². The normalized spacial score (nSPS) is 11.8. The monoisotopic (exact) mass is 294 g/mol. The van der Waals surface area contributed by atoms with Crippen LogP contribution < -0.4 is 5.43 Å². The van der Waals surface area contributed by atoms with Gasteiger partial charge in [-0.1, -0.05) is 56.4 Å². The zero-order chi connectivity index (χ0) is 14.8. The van der Waals surface area contributed by atoms with E-state index in [0.29, 0.717) is 5.75 Å². The summed E-state index contributed by atoms with van der Waals surface area (Å²) in [5.41, 5.74) is 5.46. The lowest BCUT2D eigenvalue weighted by molar-refractivity contribution is 0.423. The highest BCUT2D eigenvalue weighted by atomic mass is 16.3. The van der Waals surface area contributed by atoms with Crippen molar-refractivity contribution in [3.63, 3.8) is 0 Å². The van der Waals surface area contributed by atoms with Crippen molar-refractivity contribution in [3.8, 4) is 5.75 Å². The van der Waals surface area contributed by atoms with Crippen molar-refractivity contribution >= 4 is 6.21 Å². The summed E-state index contributed by atoms with van der Waals surface area (Å²) in [6, 6.07) is 4.01. The molecule has 0 saturated carbocycles. The Bertz CT molecular complexity index is 442. The Balaban J connectivity index is 0. The van der Waals surface area contributed by atoms with Crippen molar-refractivity contribution in [2.75, 3.05) is 7.05 Å². The van der Waals surface area contributed by atoms with E-state index < -0.39 is 0 Å². The summed E-state index contributed by atoms with van der Waals surface area (Å²) in [4.78, 5) is 0. The summed E-state index contributed by atoms with van der Waals surface area (Å²) in [5.74, 6) is 0.404. The Hall–Kier alpha value is -1.51. The van der Waals surface area contributed by atoms with Crippen LogP contribution >= 0.6 is 0 Å². The third-order valence-corrected chi connectivity index (χ3v) is 3.09. The van der Waals surface area contributed by atoms with Gasteiger partial charge in [0, 0.05) is 18.2 Å². The molecule has 1 aromatic rings. The van der Waals surface area contributed by atoms with Crippen LogP contribution in [0.4, 0.5) is 0 Å². The van der Waals surface area contributed by atoms with Gasteiger partial charge in [-0.2, -0.15) is 5.10 Å². The molecule has 0 aliphatic carbocycles. The van der Waals surface area contributed by atoms with Crippen LogP contribution in [-0.4, -0.2) is 18.4 Å². The number of nitrogens with one attached hydrogen (secondary N) is 1. The van der Waals surface area contributed by atoms with Crippen LogP contribution in [0.25, 0.3) is 0 Å². The summed E-state index contributed by atoms with van der Waals surface area (Å²) in [6.07, 6.45) is 1.78. The summed E-state index contributed by atoms with van der Waals surface area (Å²) < 4.78 is 0. The Morgan fingerprint density at radius 3 is 1.62 bits per heavy atom. The van der Waals surface area contributed by atoms with E-state index in [4.69, 9.17) is 0 Å². The smallest absolute Gasteiger partial charge is 0.123 e. The molecule has 1 aromatic carbocycles. The van der Waals surface area contributed by atoms with Gasteiger partial charge in [-0.3, -0.25) is 0 Å². The Morgan fingerprint density at radius 2 is 1.33 bits per heavy atom. The molecule has 122 valence electrons. The van der Waals surface area contributed by atoms with Crippen LogP contribution in [0.15, 0.2) is 17.2 Å². The molecule has 3 heteroatoms. The van der Waals surface area contributed by atoms with E-state index in [1.807, 2.05) is 12.1 Å². The van der Waals surface area contributed by atoms with Gasteiger partial charge in [-0.15, -0.1) is 0 Å². The average Bonchev–Trinajstić information content (AvgIpc) is 2.24. The van der Waals surface area contributed by atoms with E-state index in [1.54, 1.807) is 13.3 Å². The lowest BCUT2D eigenvalue weighted by atomic mass is 9.78. The van der Waals surface area contributed by atoms with Crippen molar-refractivity contribution in [2.24, 2.45) is 5.10 Å². The van der Waals surface area contributed by atoms with E-state index in [-0.39, 0.29) is 25.7 Å². The summed E-state index contributed by atoms with van der Waals surface area (Å²) in [5, 5.41) is 14.6. The SMILES string of the molecule is C.C.CN/N=C/c1cc(C(C)(C)C)c(O)c(C(C)(C)C)c1. The van der Waals surface area contributed by atoms with E-state index >= 15 is 0 Å². The number of phenolic OH excluding ortho intramolecular Hbond substituents is 1. The first-order valence-corrected chi connectivity index (χ1v) is 6.65. The largest absolute Gasteiger partial charge is 0.507 e. The molecule has 0 spiro atoms. The zero-order valence-electron chi connectivity index (χ0n) is 13.1. The van der Waals surface area contributed by atoms with E-state index in [0.717, 1.165) is 16.7 Å². The molecule has 0 aliphatic heterocycles. The number of hydrogen-bond acceptors (Lipinski definition) is 3. The van der Waals surface area contributed by atoms with Gasteiger partial charge in [0.05, 0.1) is 6.21 Å². The van der Waals surface area contributed by atoms with Crippen molar-refractivity contribution in [3.05, 3.63) is 28.8 Å². The highest BCUT2D eigenvalue weighted by Gasteiger charge is 2.26. The van der Waals surface area contributed by atoms with Crippen molar-refractivity contribution in [1.82, 2.24) is 5.43 Å². The van der Waals surface area contributed by atoms with Gasteiger partial charge in [0.1, 0.15) is 5.75 Å². The Morgan fingerprint density at radius 1 is 0.952 bits per heavy atom. The molecule has 0 heterocycles. The van der Waals surface area contributed by atoms with Gasteiger partial charge in [0.15, 0.2) is 0 Å². The average molecular weight is 294 g/mol. The first kappa shape index (κ1) is 21.8. The molecule has 2 N–H and O–H groups in total. The van der Waals surface area contributed by atoms with Crippen molar-refractivity contribution in [2.45, 2.75) is 67.2 Å². The summed E-state index contributed by atoms with van der Waals surface area (Å²) in [6.45, 7) is 12.6. The molecule has 3 nitrogen and oxygen atoms in total. The lowest BCUT2D eigenvalue weighted by Gasteiger charge is -2.27. The number of aromatic hydroxyl groups is 1. The first-order valence-electron chi connectivity index (χ1n) is 6.65. The van der Waals surface area contributed by atoms with Gasteiger partial charge in [0.2, 0.25) is 0 Å². The molecule has 0 fully saturated rings. The minimum Gasteiger partial charge on any atom is -0.507 e. The minimum atomic E-state index is -0.104. The second-order valence-electron chi connectivity index (χ2n) is 6.95. The summed E-state index contributed by atoms with van der Waals surface area (Å²) >= 11 is 0. The Labute approximate surface area is 131 Å². The third-order valence-electron chi connectivity index (χ3n) is 3.09. The van der Waals surface area contributed by atoms with Crippen LogP contribution in [0.1, 0.15) is 73.1 Å². The maximum absolute atomic E-state index is 10.5. The topological polar surface area (TPSA) is 44.6 Å². The lowest BCUT2D eigenvalue weighted by Crippen LogP contribution is -2.18. The molecule has 0 saturated heterocycles. The molecule has 0 bridgehead atoms. The molecule has 0 amide bonds. The summed E-state index contributed by atoms with van der Waals surface area (Å²) in [7, 11) is 1.77. The van der Waals surface area contributed by atoms with Crippen molar-refractivity contribution in [1.29, 1.82) is 0 Å². The third kappa shape index (κ3) is 5.41. The number of benzene rings is 1. The molecule has 0 radical (unpaired) electrons. The van der Waals surface area contributed by atoms with E-state index in [2.05, 4.69) is 52.1 Å². The zero-order valence-corrected chi connectivity index (χ0v) is 13.1. The highest BCUT2D eigenvalue weighted by Crippen LogP contribution is 2.39. The minimum absolute atomic E-state index is 0. The molecular weight excluding hydrogens is 260 g/mol. The number of phenols is 1. The predicted molar refractivity (Wildman–Crippen MR) is 95.6 cm³/mol. The van der Waals surface area contributed by atoms with Gasteiger partial charge in [-0.25, -0.2) is 0 Å². The molecule has 1 rings (SSSR count). The van der Waals surface area contributed by atoms with Crippen LogP contribution in [0.5, 0.6) is 5.75 Å². The quantitative estimate of drug-likeness (QED) is 0.607. The predicted octanol–water partition coefficient (Wildman–Crippen LogP) is 4.81. The standard InChI is InChI=1S/C16H26N2O.2CH4/c1-15(2,3)12-8-11(10-18-17-7)9-13(14(12)19)16(4,5)6;;/h8-10,17,19H,1-7H3;2*1H4/b18-10+;;. The molecule has 0 aromatic heterocycles. The molecular formula is C18H34N2O. The molecule has 0 unspecified atom stereocenters. The maximum Gasteiger partial charge on any atom is 0.123 e. The number of hydrogen-bond donors (Lipinski definition) is 2. The van der Waals surface area contributed by atoms with Crippen LogP contribution in [0, 0.1) is 0 Å². The van der Waals surface area contributed by atoms with Crippen LogP contribution in [-0.2, 0) is 10.8 Å². The first-order chi connectivity index (χ1) is 8.57. The fourth-order valence-electron chi connectivity index (χ4n) is 2.01. The van der Waals surface area contributed by atoms with Gasteiger partial charge in [0.25, 0.3) is 0 Å². The number of nitrogens with zero attached hydrogens (tertiary/aromatic N) is 1. The van der Waals surface area contributed by atoms with Crippen LogP contribution in [0.2, 0.25) is 0 Å². The molecule has 0 aliphatic rings. The maximum atomic E-state index is 10.5. The highest BCUT2D eigenvalue weighted by molar-refractivity contribution is 5.81. The van der Waals surface area contributed by atoms with Gasteiger partial charge in [-0.05, 0) is 28.5 Å². The molecule has 0 atom stereocenters.